The van der Waals surface area contributed by atoms with Crippen molar-refractivity contribution in [3.63, 3.8) is 0 Å². The summed E-state index contributed by atoms with van der Waals surface area (Å²) in [6.45, 7) is 3.79. The monoisotopic (exact) mass is 263 g/mol. The molecule has 0 spiro atoms. The number of nitrogens with one attached hydrogen (secondary N) is 3. The quantitative estimate of drug-likeness (QED) is 0.483. The lowest BCUT2D eigenvalue weighted by molar-refractivity contribution is -0.109. The highest BCUT2D eigenvalue weighted by Crippen LogP contribution is 2.03. The number of rotatable bonds is 8. The van der Waals surface area contributed by atoms with Gasteiger partial charge in [0.2, 0.25) is 6.41 Å². The van der Waals surface area contributed by atoms with E-state index in [0.29, 0.717) is 26.0 Å². The van der Waals surface area contributed by atoms with Crippen LogP contribution in [0.4, 0.5) is 4.79 Å². The van der Waals surface area contributed by atoms with Crippen LogP contribution in [0.3, 0.4) is 0 Å². The molecule has 0 unspecified atom stereocenters. The van der Waals surface area contributed by atoms with Gasteiger partial charge in [-0.15, -0.1) is 0 Å². The lowest BCUT2D eigenvalue weighted by Gasteiger charge is -2.07. The summed E-state index contributed by atoms with van der Waals surface area (Å²) in [5.41, 5.74) is 2.44. The summed E-state index contributed by atoms with van der Waals surface area (Å²) in [6, 6.07) is 8.07. The molecule has 0 aromatic heterocycles. The average molecular weight is 263 g/mol. The number of aryl methyl sites for hydroxylation is 1. The Morgan fingerprint density at radius 2 is 2.00 bits per heavy atom. The molecule has 0 fully saturated rings. The van der Waals surface area contributed by atoms with E-state index in [-0.39, 0.29) is 6.03 Å². The van der Waals surface area contributed by atoms with Gasteiger partial charge >= 0.3 is 6.03 Å². The molecular formula is C14H21N3O2. The number of urea groups is 1. The number of amides is 3. The van der Waals surface area contributed by atoms with E-state index in [0.717, 1.165) is 12.8 Å². The molecule has 19 heavy (non-hydrogen) atoms. The molecule has 0 aliphatic carbocycles. The van der Waals surface area contributed by atoms with Crippen LogP contribution in [0.15, 0.2) is 24.3 Å². The van der Waals surface area contributed by atoms with Gasteiger partial charge in [-0.3, -0.25) is 4.79 Å². The van der Waals surface area contributed by atoms with Crippen LogP contribution in [0, 0.1) is 6.92 Å². The average Bonchev–Trinajstić information content (AvgIpc) is 2.38. The Hall–Kier alpha value is -2.04. The van der Waals surface area contributed by atoms with Crippen LogP contribution in [-0.2, 0) is 11.2 Å². The topological polar surface area (TPSA) is 70.2 Å². The minimum atomic E-state index is -0.168. The number of carbonyl (C=O) groups excluding carboxylic acids is 2. The van der Waals surface area contributed by atoms with E-state index in [4.69, 9.17) is 0 Å². The predicted octanol–water partition coefficient (Wildman–Crippen LogP) is 0.973. The van der Waals surface area contributed by atoms with Gasteiger partial charge in [0.15, 0.2) is 0 Å². The number of hydrogen-bond donors (Lipinski definition) is 3. The van der Waals surface area contributed by atoms with Crippen LogP contribution in [0.2, 0.25) is 0 Å². The van der Waals surface area contributed by atoms with Gasteiger partial charge in [-0.25, -0.2) is 4.79 Å². The first-order valence-electron chi connectivity index (χ1n) is 6.46. The minimum Gasteiger partial charge on any atom is -0.359 e. The molecule has 5 heteroatoms. The Morgan fingerprint density at radius 3 is 2.74 bits per heavy atom. The molecule has 0 saturated carbocycles. The van der Waals surface area contributed by atoms with Gasteiger partial charge in [-0.1, -0.05) is 29.8 Å². The lowest BCUT2D eigenvalue weighted by Crippen LogP contribution is -2.37. The van der Waals surface area contributed by atoms with Gasteiger partial charge in [0.05, 0.1) is 0 Å². The molecule has 0 aliphatic heterocycles. The fourth-order valence-corrected chi connectivity index (χ4v) is 1.70. The number of benzene rings is 1. The van der Waals surface area contributed by atoms with Gasteiger partial charge in [0.25, 0.3) is 0 Å². The van der Waals surface area contributed by atoms with Gasteiger partial charge in [0, 0.05) is 19.6 Å². The molecule has 5 nitrogen and oxygen atoms in total. The largest absolute Gasteiger partial charge is 0.359 e. The number of carbonyl (C=O) groups is 2. The van der Waals surface area contributed by atoms with Gasteiger partial charge in [0.1, 0.15) is 0 Å². The molecule has 0 aliphatic rings. The highest BCUT2D eigenvalue weighted by Gasteiger charge is 1.99. The van der Waals surface area contributed by atoms with Crippen molar-refractivity contribution in [2.24, 2.45) is 0 Å². The van der Waals surface area contributed by atoms with Crippen LogP contribution in [-0.4, -0.2) is 32.1 Å². The second-order valence-corrected chi connectivity index (χ2v) is 4.35. The maximum absolute atomic E-state index is 11.4. The Morgan fingerprint density at radius 1 is 1.21 bits per heavy atom. The maximum Gasteiger partial charge on any atom is 0.314 e. The van der Waals surface area contributed by atoms with Crippen molar-refractivity contribution in [2.75, 3.05) is 19.6 Å². The molecule has 1 aromatic carbocycles. The van der Waals surface area contributed by atoms with E-state index in [1.165, 1.54) is 11.1 Å². The van der Waals surface area contributed by atoms with Crippen molar-refractivity contribution in [1.29, 1.82) is 0 Å². The van der Waals surface area contributed by atoms with Crippen molar-refractivity contribution in [1.82, 2.24) is 16.0 Å². The SMILES string of the molecule is Cc1cccc(CCNC(=O)NCCCNC=O)c1. The van der Waals surface area contributed by atoms with Crippen LogP contribution in [0.5, 0.6) is 0 Å². The van der Waals surface area contributed by atoms with Crippen molar-refractivity contribution in [3.8, 4) is 0 Å². The van der Waals surface area contributed by atoms with E-state index in [9.17, 15) is 9.59 Å². The van der Waals surface area contributed by atoms with Gasteiger partial charge in [-0.05, 0) is 25.3 Å². The van der Waals surface area contributed by atoms with Crippen LogP contribution >= 0.6 is 0 Å². The van der Waals surface area contributed by atoms with E-state index >= 15 is 0 Å². The summed E-state index contributed by atoms with van der Waals surface area (Å²) >= 11 is 0. The fourth-order valence-electron chi connectivity index (χ4n) is 1.70. The Bertz CT molecular complexity index is 407. The molecule has 0 radical (unpaired) electrons. The molecule has 0 bridgehead atoms. The van der Waals surface area contributed by atoms with Crippen LogP contribution in [0.1, 0.15) is 17.5 Å². The summed E-state index contributed by atoms with van der Waals surface area (Å²) in [6.07, 6.45) is 2.20. The number of hydrogen-bond acceptors (Lipinski definition) is 2. The first-order chi connectivity index (χ1) is 9.22. The van der Waals surface area contributed by atoms with Crippen molar-refractivity contribution in [2.45, 2.75) is 19.8 Å². The third kappa shape index (κ3) is 7.08. The third-order valence-electron chi connectivity index (χ3n) is 2.65. The highest BCUT2D eigenvalue weighted by atomic mass is 16.2. The zero-order valence-electron chi connectivity index (χ0n) is 11.2. The van der Waals surface area contributed by atoms with E-state index in [2.05, 4.69) is 41.1 Å². The zero-order chi connectivity index (χ0) is 13.9. The highest BCUT2D eigenvalue weighted by molar-refractivity contribution is 5.73. The third-order valence-corrected chi connectivity index (χ3v) is 2.65. The molecule has 0 atom stereocenters. The van der Waals surface area contributed by atoms with Crippen LogP contribution in [0.25, 0.3) is 0 Å². The van der Waals surface area contributed by atoms with Gasteiger partial charge < -0.3 is 16.0 Å². The Balaban J connectivity index is 2.08. The van der Waals surface area contributed by atoms with E-state index in [1.54, 1.807) is 0 Å². The smallest absolute Gasteiger partial charge is 0.314 e. The Labute approximate surface area is 113 Å². The molecule has 3 amide bonds. The fraction of sp³-hybridized carbons (Fsp3) is 0.429. The van der Waals surface area contributed by atoms with Crippen molar-refractivity contribution >= 4 is 12.4 Å². The van der Waals surface area contributed by atoms with Crippen molar-refractivity contribution < 1.29 is 9.59 Å². The maximum atomic E-state index is 11.4. The lowest BCUT2D eigenvalue weighted by atomic mass is 10.1. The molecule has 104 valence electrons. The first kappa shape index (κ1) is 15.0. The van der Waals surface area contributed by atoms with Crippen molar-refractivity contribution in [3.05, 3.63) is 35.4 Å². The van der Waals surface area contributed by atoms with E-state index in [1.807, 2.05) is 6.07 Å². The summed E-state index contributed by atoms with van der Waals surface area (Å²) in [7, 11) is 0. The summed E-state index contributed by atoms with van der Waals surface area (Å²) in [5.74, 6) is 0. The molecule has 0 saturated heterocycles. The van der Waals surface area contributed by atoms with E-state index < -0.39 is 0 Å². The normalized spacial score (nSPS) is 9.74. The molecule has 1 rings (SSSR count). The molecule has 1 aromatic rings. The predicted molar refractivity (Wildman–Crippen MR) is 75.0 cm³/mol. The summed E-state index contributed by atoms with van der Waals surface area (Å²) < 4.78 is 0. The second kappa shape index (κ2) is 8.97. The van der Waals surface area contributed by atoms with Gasteiger partial charge in [-0.2, -0.15) is 0 Å². The molecule has 3 N–H and O–H groups in total. The Kier molecular flexibility index (Phi) is 7.09. The van der Waals surface area contributed by atoms with Crippen LogP contribution < -0.4 is 16.0 Å². The first-order valence-corrected chi connectivity index (χ1v) is 6.46. The zero-order valence-corrected chi connectivity index (χ0v) is 11.2. The molecular weight excluding hydrogens is 242 g/mol. The summed E-state index contributed by atoms with van der Waals surface area (Å²) in [4.78, 5) is 21.4. The minimum absolute atomic E-state index is 0.168. The summed E-state index contributed by atoms with van der Waals surface area (Å²) in [5, 5.41) is 8.07. The standard InChI is InChI=1S/C14H21N3O2/c1-12-4-2-5-13(10-12)6-9-17-14(19)16-8-3-7-15-11-18/h2,4-5,10-11H,3,6-9H2,1H3,(H,15,18)(H2,16,17,19). The second-order valence-electron chi connectivity index (χ2n) is 4.35. The molecule has 0 heterocycles.